The third-order valence-electron chi connectivity index (χ3n) is 2.60. The normalized spacial score (nSPS) is 21.6. The average molecular weight is 261 g/mol. The van der Waals surface area contributed by atoms with Gasteiger partial charge in [-0.1, -0.05) is 11.6 Å². The SMILES string of the molecule is CN1CCOC(Cn2cc(Cl)c([N+](=O)[O-])n2)C1. The van der Waals surface area contributed by atoms with Gasteiger partial charge in [-0.05, 0) is 12.0 Å². The minimum atomic E-state index is -0.591. The van der Waals surface area contributed by atoms with Crippen LogP contribution in [0.5, 0.6) is 0 Å². The van der Waals surface area contributed by atoms with E-state index in [4.69, 9.17) is 16.3 Å². The molecule has 0 aliphatic carbocycles. The summed E-state index contributed by atoms with van der Waals surface area (Å²) in [6.45, 7) is 2.82. The molecule has 0 amide bonds. The molecule has 0 spiro atoms. The van der Waals surface area contributed by atoms with Crippen LogP contribution in [0.2, 0.25) is 5.02 Å². The van der Waals surface area contributed by atoms with E-state index in [1.165, 1.54) is 10.9 Å². The maximum Gasteiger partial charge on any atom is 0.408 e. The molecule has 0 bridgehead atoms. The lowest BCUT2D eigenvalue weighted by molar-refractivity contribution is -0.389. The lowest BCUT2D eigenvalue weighted by atomic mass is 10.3. The Labute approximate surface area is 103 Å². The van der Waals surface area contributed by atoms with Crippen LogP contribution in [0.3, 0.4) is 0 Å². The quantitative estimate of drug-likeness (QED) is 0.593. The molecule has 8 heteroatoms. The third-order valence-corrected chi connectivity index (χ3v) is 2.87. The second kappa shape index (κ2) is 4.99. The van der Waals surface area contributed by atoms with Crippen LogP contribution in [0.1, 0.15) is 0 Å². The van der Waals surface area contributed by atoms with Crippen molar-refractivity contribution in [2.45, 2.75) is 12.6 Å². The summed E-state index contributed by atoms with van der Waals surface area (Å²) in [5.74, 6) is -0.309. The molecule has 1 unspecified atom stereocenters. The van der Waals surface area contributed by atoms with Gasteiger partial charge in [0.15, 0.2) is 5.02 Å². The smallest absolute Gasteiger partial charge is 0.374 e. The Balaban J connectivity index is 2.03. The highest BCUT2D eigenvalue weighted by molar-refractivity contribution is 6.32. The molecule has 2 heterocycles. The lowest BCUT2D eigenvalue weighted by Crippen LogP contribution is -2.42. The number of hydrogen-bond acceptors (Lipinski definition) is 5. The topological polar surface area (TPSA) is 73.4 Å². The van der Waals surface area contributed by atoms with Gasteiger partial charge in [0, 0.05) is 13.1 Å². The molecular weight excluding hydrogens is 248 g/mol. The zero-order chi connectivity index (χ0) is 12.4. The summed E-state index contributed by atoms with van der Waals surface area (Å²) < 4.78 is 7.01. The molecule has 1 saturated heterocycles. The van der Waals surface area contributed by atoms with Crippen molar-refractivity contribution in [3.05, 3.63) is 21.3 Å². The molecule has 1 aromatic rings. The van der Waals surface area contributed by atoms with Gasteiger partial charge in [0.2, 0.25) is 0 Å². The van der Waals surface area contributed by atoms with Gasteiger partial charge in [-0.3, -0.25) is 0 Å². The fourth-order valence-electron chi connectivity index (χ4n) is 1.79. The molecule has 0 radical (unpaired) electrons. The average Bonchev–Trinajstić information content (AvgIpc) is 2.59. The van der Waals surface area contributed by atoms with Crippen molar-refractivity contribution in [3.8, 4) is 0 Å². The Morgan fingerprint density at radius 2 is 2.53 bits per heavy atom. The van der Waals surface area contributed by atoms with Crippen LogP contribution in [-0.2, 0) is 11.3 Å². The largest absolute Gasteiger partial charge is 0.408 e. The van der Waals surface area contributed by atoms with E-state index in [9.17, 15) is 10.1 Å². The van der Waals surface area contributed by atoms with Crippen molar-refractivity contribution >= 4 is 17.4 Å². The van der Waals surface area contributed by atoms with Gasteiger partial charge in [-0.2, -0.15) is 4.68 Å². The Morgan fingerprint density at radius 3 is 3.12 bits per heavy atom. The molecule has 1 aliphatic rings. The predicted molar refractivity (Wildman–Crippen MR) is 61.1 cm³/mol. The van der Waals surface area contributed by atoms with E-state index in [1.54, 1.807) is 0 Å². The van der Waals surface area contributed by atoms with Crippen molar-refractivity contribution in [2.75, 3.05) is 26.7 Å². The number of likely N-dealkylation sites (N-methyl/N-ethyl adjacent to an activating group) is 1. The van der Waals surface area contributed by atoms with Crippen LogP contribution < -0.4 is 0 Å². The first-order valence-corrected chi connectivity index (χ1v) is 5.61. The standard InChI is InChI=1S/C9H13ClN4O3/c1-12-2-3-17-7(4-12)5-13-6-8(10)9(11-13)14(15)16/h6-7H,2-5H2,1H3. The second-order valence-corrected chi connectivity index (χ2v) is 4.44. The van der Waals surface area contributed by atoms with Gasteiger partial charge in [0.05, 0.1) is 30.6 Å². The molecule has 1 fully saturated rings. The number of halogens is 1. The zero-order valence-electron chi connectivity index (χ0n) is 9.37. The van der Waals surface area contributed by atoms with Crippen molar-refractivity contribution in [1.82, 2.24) is 14.7 Å². The van der Waals surface area contributed by atoms with E-state index in [0.29, 0.717) is 13.2 Å². The minimum Gasteiger partial charge on any atom is -0.374 e. The van der Waals surface area contributed by atoms with Crippen LogP contribution in [0.25, 0.3) is 0 Å². The molecule has 0 aromatic carbocycles. The summed E-state index contributed by atoms with van der Waals surface area (Å²) in [7, 11) is 2.01. The molecule has 1 aromatic heterocycles. The van der Waals surface area contributed by atoms with E-state index in [1.807, 2.05) is 7.05 Å². The fraction of sp³-hybridized carbons (Fsp3) is 0.667. The van der Waals surface area contributed by atoms with Gasteiger partial charge in [-0.25, -0.2) is 0 Å². The van der Waals surface area contributed by atoms with E-state index < -0.39 is 4.92 Å². The van der Waals surface area contributed by atoms with Crippen molar-refractivity contribution in [1.29, 1.82) is 0 Å². The predicted octanol–water partition coefficient (Wildman–Crippen LogP) is 0.775. The molecule has 0 saturated carbocycles. The summed E-state index contributed by atoms with van der Waals surface area (Å²) >= 11 is 5.71. The van der Waals surface area contributed by atoms with E-state index in [-0.39, 0.29) is 16.9 Å². The highest BCUT2D eigenvalue weighted by atomic mass is 35.5. The fourth-order valence-corrected chi connectivity index (χ4v) is 2.01. The van der Waals surface area contributed by atoms with Crippen LogP contribution >= 0.6 is 11.6 Å². The molecule has 17 heavy (non-hydrogen) atoms. The molecule has 94 valence electrons. The highest BCUT2D eigenvalue weighted by Gasteiger charge is 2.23. The number of morpholine rings is 1. The molecule has 7 nitrogen and oxygen atoms in total. The summed E-state index contributed by atoms with van der Waals surface area (Å²) in [6.07, 6.45) is 1.45. The van der Waals surface area contributed by atoms with Gasteiger partial charge >= 0.3 is 5.82 Å². The Hall–Kier alpha value is -1.18. The zero-order valence-corrected chi connectivity index (χ0v) is 10.1. The highest BCUT2D eigenvalue weighted by Crippen LogP contribution is 2.21. The Bertz CT molecular complexity index is 422. The summed E-state index contributed by atoms with van der Waals surface area (Å²) in [4.78, 5) is 12.1. The monoisotopic (exact) mass is 260 g/mol. The first-order chi connectivity index (χ1) is 8.06. The molecule has 1 aliphatic heterocycles. The second-order valence-electron chi connectivity index (χ2n) is 4.03. The number of aromatic nitrogens is 2. The number of rotatable bonds is 3. The minimum absolute atomic E-state index is 0.00989. The summed E-state index contributed by atoms with van der Waals surface area (Å²) in [5.41, 5.74) is 0. The maximum absolute atomic E-state index is 10.6. The maximum atomic E-state index is 10.6. The van der Waals surface area contributed by atoms with Gasteiger partial charge < -0.3 is 19.8 Å². The van der Waals surface area contributed by atoms with E-state index in [0.717, 1.165) is 13.1 Å². The number of nitrogens with zero attached hydrogens (tertiary/aromatic N) is 4. The molecule has 0 N–H and O–H groups in total. The number of hydrogen-bond donors (Lipinski definition) is 0. The van der Waals surface area contributed by atoms with Gasteiger partial charge in [0.25, 0.3) is 0 Å². The van der Waals surface area contributed by atoms with Crippen molar-refractivity contribution in [2.24, 2.45) is 0 Å². The van der Waals surface area contributed by atoms with Crippen LogP contribution in [-0.4, -0.2) is 52.5 Å². The number of nitro groups is 1. The molecule has 1 atom stereocenters. The van der Waals surface area contributed by atoms with Crippen LogP contribution in [0, 0.1) is 10.1 Å². The Morgan fingerprint density at radius 1 is 1.76 bits per heavy atom. The lowest BCUT2D eigenvalue weighted by Gasteiger charge is -2.29. The van der Waals surface area contributed by atoms with Crippen LogP contribution in [0.4, 0.5) is 5.82 Å². The first-order valence-electron chi connectivity index (χ1n) is 5.23. The van der Waals surface area contributed by atoms with Gasteiger partial charge in [-0.15, -0.1) is 0 Å². The summed E-state index contributed by atoms with van der Waals surface area (Å²) in [6, 6.07) is 0. The van der Waals surface area contributed by atoms with Crippen molar-refractivity contribution < 1.29 is 9.66 Å². The summed E-state index contributed by atoms with van der Waals surface area (Å²) in [5, 5.41) is 14.5. The van der Waals surface area contributed by atoms with E-state index in [2.05, 4.69) is 10.00 Å². The molecular formula is C9H13ClN4O3. The molecule has 2 rings (SSSR count). The Kier molecular flexibility index (Phi) is 3.60. The first kappa shape index (κ1) is 12.3. The van der Waals surface area contributed by atoms with E-state index >= 15 is 0 Å². The third kappa shape index (κ3) is 2.93. The number of ether oxygens (including phenoxy) is 1. The van der Waals surface area contributed by atoms with Crippen molar-refractivity contribution in [3.63, 3.8) is 0 Å². The van der Waals surface area contributed by atoms with Gasteiger partial charge in [0.1, 0.15) is 0 Å². The van der Waals surface area contributed by atoms with Crippen LogP contribution in [0.15, 0.2) is 6.20 Å².